The molecule has 0 spiro atoms. The van der Waals surface area contributed by atoms with Crippen molar-refractivity contribution in [2.75, 3.05) is 126 Å². The van der Waals surface area contributed by atoms with Crippen LogP contribution in [0.4, 0.5) is 0 Å². The molecule has 11 heteroatoms. The van der Waals surface area contributed by atoms with Gasteiger partial charge in [0.1, 0.15) is 6.61 Å². The highest BCUT2D eigenvalue weighted by atomic mass is 16.6. The van der Waals surface area contributed by atoms with Gasteiger partial charge in [0.05, 0.1) is 112 Å². The van der Waals surface area contributed by atoms with Gasteiger partial charge in [0.15, 0.2) is 0 Å². The van der Waals surface area contributed by atoms with Crippen LogP contribution >= 0.6 is 0 Å². The zero-order chi connectivity index (χ0) is 23.4. The van der Waals surface area contributed by atoms with Gasteiger partial charge >= 0.3 is 5.97 Å². The minimum atomic E-state index is -0.308. The Morgan fingerprint density at radius 1 is 0.406 bits per heavy atom. The molecule has 0 fully saturated rings. The smallest absolute Gasteiger partial charge is 0.302 e. The lowest BCUT2D eigenvalue weighted by Crippen LogP contribution is -2.15. The van der Waals surface area contributed by atoms with Crippen molar-refractivity contribution in [1.29, 1.82) is 0 Å². The summed E-state index contributed by atoms with van der Waals surface area (Å²) < 4.78 is 52.5. The monoisotopic (exact) mass is 470 g/mol. The summed E-state index contributed by atoms with van der Waals surface area (Å²) >= 11 is 0. The third kappa shape index (κ3) is 29.1. The summed E-state index contributed by atoms with van der Waals surface area (Å²) in [7, 11) is 1.64. The molecule has 0 aromatic heterocycles. The van der Waals surface area contributed by atoms with E-state index >= 15 is 0 Å². The van der Waals surface area contributed by atoms with E-state index in [-0.39, 0.29) is 12.6 Å². The standard InChI is InChI=1S/C21H42O11/c1-21(22)32-20-19-31-18-17-30-16-15-29-14-13-28-12-11-27-10-9-26-8-7-25-6-5-24-4-3-23-2/h3-20H2,1-2H3. The SMILES string of the molecule is COCCOCCOCCOCCOCCOCCOCCOCCOCCOC(C)=O. The minimum Gasteiger partial charge on any atom is -0.463 e. The molecule has 11 nitrogen and oxygen atoms in total. The fraction of sp³-hybridized carbons (Fsp3) is 0.952. The third-order valence-corrected chi connectivity index (χ3v) is 3.57. The quantitative estimate of drug-likeness (QED) is 0.122. The molecule has 0 bridgehead atoms. The van der Waals surface area contributed by atoms with Crippen molar-refractivity contribution in [3.05, 3.63) is 0 Å². The number of carbonyl (C=O) groups excluding carboxylic acids is 1. The van der Waals surface area contributed by atoms with E-state index in [9.17, 15) is 4.79 Å². The van der Waals surface area contributed by atoms with Gasteiger partial charge in [0.25, 0.3) is 0 Å². The molecule has 0 unspecified atom stereocenters. The van der Waals surface area contributed by atoms with Crippen LogP contribution in [0.3, 0.4) is 0 Å². The molecule has 0 aromatic carbocycles. The van der Waals surface area contributed by atoms with Crippen LogP contribution in [0.25, 0.3) is 0 Å². The van der Waals surface area contributed by atoms with E-state index in [1.54, 1.807) is 7.11 Å². The molecule has 0 aromatic rings. The average molecular weight is 471 g/mol. The van der Waals surface area contributed by atoms with Crippen molar-refractivity contribution >= 4 is 5.97 Å². The maximum atomic E-state index is 10.5. The average Bonchev–Trinajstić information content (AvgIpc) is 2.78. The predicted octanol–water partition coefficient (Wildman–Crippen LogP) is 0.329. The number of hydrogen-bond acceptors (Lipinski definition) is 11. The molecule has 0 rings (SSSR count). The van der Waals surface area contributed by atoms with Gasteiger partial charge in [0.2, 0.25) is 0 Å². The second-order valence-corrected chi connectivity index (χ2v) is 6.23. The summed E-state index contributed by atoms with van der Waals surface area (Å²) in [6.07, 6.45) is 0. The van der Waals surface area contributed by atoms with Crippen molar-refractivity contribution in [1.82, 2.24) is 0 Å². The van der Waals surface area contributed by atoms with Crippen LogP contribution in [0.5, 0.6) is 0 Å². The van der Waals surface area contributed by atoms with Crippen molar-refractivity contribution in [2.24, 2.45) is 0 Å². The first-order valence-corrected chi connectivity index (χ1v) is 11.0. The number of carbonyl (C=O) groups is 1. The largest absolute Gasteiger partial charge is 0.463 e. The van der Waals surface area contributed by atoms with Crippen LogP contribution in [0.1, 0.15) is 6.92 Å². The van der Waals surface area contributed by atoms with Gasteiger partial charge < -0.3 is 47.4 Å². The Hall–Kier alpha value is -0.890. The van der Waals surface area contributed by atoms with E-state index in [1.807, 2.05) is 0 Å². The fourth-order valence-electron chi connectivity index (χ4n) is 2.03. The van der Waals surface area contributed by atoms with Crippen LogP contribution in [0.15, 0.2) is 0 Å². The van der Waals surface area contributed by atoms with E-state index in [2.05, 4.69) is 0 Å². The van der Waals surface area contributed by atoms with Crippen LogP contribution < -0.4 is 0 Å². The van der Waals surface area contributed by atoms with Gasteiger partial charge in [-0.3, -0.25) is 4.79 Å². The Labute approximate surface area is 191 Å². The van der Waals surface area contributed by atoms with Crippen LogP contribution in [-0.4, -0.2) is 132 Å². The Balaban J connectivity index is 3.00. The van der Waals surface area contributed by atoms with Crippen LogP contribution in [0.2, 0.25) is 0 Å². The highest BCUT2D eigenvalue weighted by molar-refractivity contribution is 5.65. The Morgan fingerprint density at radius 2 is 0.625 bits per heavy atom. The lowest BCUT2D eigenvalue weighted by Gasteiger charge is -2.08. The first kappa shape index (κ1) is 31.1. The normalized spacial score (nSPS) is 11.2. The third-order valence-electron chi connectivity index (χ3n) is 3.57. The molecule has 0 aliphatic carbocycles. The van der Waals surface area contributed by atoms with E-state index in [4.69, 9.17) is 47.4 Å². The summed E-state index contributed by atoms with van der Waals surface area (Å²) in [5.74, 6) is -0.308. The molecule has 0 amide bonds. The van der Waals surface area contributed by atoms with Gasteiger partial charge in [-0.25, -0.2) is 0 Å². The van der Waals surface area contributed by atoms with E-state index < -0.39 is 0 Å². The Bertz CT molecular complexity index is 372. The van der Waals surface area contributed by atoms with Crippen molar-refractivity contribution in [3.8, 4) is 0 Å². The molecule has 0 heterocycles. The van der Waals surface area contributed by atoms with Crippen LogP contribution in [-0.2, 0) is 52.2 Å². The second-order valence-electron chi connectivity index (χ2n) is 6.23. The number of rotatable bonds is 27. The summed E-state index contributed by atoms with van der Waals surface area (Å²) in [6.45, 7) is 10.3. The molecular formula is C21H42O11. The maximum absolute atomic E-state index is 10.5. The summed E-state index contributed by atoms with van der Waals surface area (Å²) in [5, 5.41) is 0. The van der Waals surface area contributed by atoms with Gasteiger partial charge in [-0.1, -0.05) is 0 Å². The zero-order valence-corrected chi connectivity index (χ0v) is 19.7. The zero-order valence-electron chi connectivity index (χ0n) is 19.7. The number of methoxy groups -OCH3 is 1. The Kier molecular flexibility index (Phi) is 27.4. The highest BCUT2D eigenvalue weighted by Crippen LogP contribution is 1.86. The van der Waals surface area contributed by atoms with Gasteiger partial charge in [0, 0.05) is 14.0 Å². The molecule has 0 aliphatic heterocycles. The van der Waals surface area contributed by atoms with E-state index in [1.165, 1.54) is 6.92 Å². The first-order chi connectivity index (χ1) is 15.8. The van der Waals surface area contributed by atoms with Crippen molar-refractivity contribution in [2.45, 2.75) is 6.92 Å². The first-order valence-electron chi connectivity index (χ1n) is 11.0. The lowest BCUT2D eigenvalue weighted by atomic mass is 10.6. The second kappa shape index (κ2) is 28.1. The number of hydrogen-bond donors (Lipinski definition) is 0. The molecular weight excluding hydrogens is 428 g/mol. The predicted molar refractivity (Wildman–Crippen MR) is 115 cm³/mol. The lowest BCUT2D eigenvalue weighted by molar-refractivity contribution is -0.142. The van der Waals surface area contributed by atoms with Crippen molar-refractivity contribution < 1.29 is 52.2 Å². The molecule has 0 radical (unpaired) electrons. The Morgan fingerprint density at radius 3 is 0.844 bits per heavy atom. The summed E-state index contributed by atoms with van der Waals surface area (Å²) in [4.78, 5) is 10.5. The van der Waals surface area contributed by atoms with E-state index in [0.717, 1.165) is 0 Å². The molecule has 0 atom stereocenters. The molecule has 32 heavy (non-hydrogen) atoms. The van der Waals surface area contributed by atoms with Gasteiger partial charge in [-0.05, 0) is 0 Å². The topological polar surface area (TPSA) is 109 Å². The molecule has 192 valence electrons. The molecule has 0 aliphatic rings. The van der Waals surface area contributed by atoms with E-state index in [0.29, 0.717) is 112 Å². The molecule has 0 N–H and O–H groups in total. The van der Waals surface area contributed by atoms with Gasteiger partial charge in [-0.15, -0.1) is 0 Å². The minimum absolute atomic E-state index is 0.264. The van der Waals surface area contributed by atoms with Crippen LogP contribution in [0, 0.1) is 0 Å². The number of esters is 1. The maximum Gasteiger partial charge on any atom is 0.302 e. The number of ether oxygens (including phenoxy) is 10. The van der Waals surface area contributed by atoms with Gasteiger partial charge in [-0.2, -0.15) is 0 Å². The summed E-state index contributed by atoms with van der Waals surface area (Å²) in [5.41, 5.74) is 0. The molecule has 0 saturated carbocycles. The fourth-order valence-corrected chi connectivity index (χ4v) is 2.03. The molecule has 0 saturated heterocycles. The highest BCUT2D eigenvalue weighted by Gasteiger charge is 1.96. The van der Waals surface area contributed by atoms with Crippen molar-refractivity contribution in [3.63, 3.8) is 0 Å². The summed E-state index contributed by atoms with van der Waals surface area (Å²) in [6, 6.07) is 0.